The number of para-hydroxylation sites is 1. The molecule has 1 saturated heterocycles. The maximum absolute atomic E-state index is 14.5. The van der Waals surface area contributed by atoms with Gasteiger partial charge in [-0.2, -0.15) is 0 Å². The Morgan fingerprint density at radius 1 is 0.770 bits per heavy atom. The van der Waals surface area contributed by atoms with Gasteiger partial charge in [-0.3, -0.25) is 33.8 Å². The van der Waals surface area contributed by atoms with E-state index in [0.717, 1.165) is 54.1 Å². The van der Waals surface area contributed by atoms with Gasteiger partial charge < -0.3 is 47.9 Å². The fourth-order valence-electron chi connectivity index (χ4n) is 8.51. The second-order valence-corrected chi connectivity index (χ2v) is 16.6. The monoisotopic (exact) mass is 841 g/mol. The van der Waals surface area contributed by atoms with E-state index in [1.54, 1.807) is 13.1 Å². The lowest BCUT2D eigenvalue weighted by Crippen LogP contribution is -2.59. The molecule has 5 rings (SSSR count). The molecule has 1 aliphatic heterocycles. The SMILES string of the molecule is CNC(=O)[C@H](CCCN=C(N)N)NC(=O)[C@H](Cc1c[nH]c2ccccc12)NC(=O)C(CC1CCCCC1)NC(=O)[C@@H]1CCCN1C(=O)[C@H](C)NC(=O)C(C)Cc1ccccc1. The van der Waals surface area contributed by atoms with E-state index < -0.39 is 53.8 Å². The molecule has 2 aromatic carbocycles. The second-order valence-electron chi connectivity index (χ2n) is 16.6. The molecule has 1 aliphatic carbocycles. The first-order valence-corrected chi connectivity index (χ1v) is 21.7. The number of nitrogens with two attached hydrogens (primary N) is 2. The molecular weight excluding hydrogens is 777 g/mol. The van der Waals surface area contributed by atoms with E-state index in [-0.39, 0.29) is 49.0 Å². The number of aromatic amines is 1. The summed E-state index contributed by atoms with van der Waals surface area (Å²) in [4.78, 5) is 91.5. The van der Waals surface area contributed by atoms with Crippen molar-refractivity contribution in [1.82, 2.24) is 36.5 Å². The third-order valence-electron chi connectivity index (χ3n) is 11.9. The fourth-order valence-corrected chi connectivity index (χ4v) is 8.51. The van der Waals surface area contributed by atoms with Gasteiger partial charge >= 0.3 is 0 Å². The molecule has 3 aromatic rings. The Morgan fingerprint density at radius 2 is 1.46 bits per heavy atom. The number of benzene rings is 2. The topological polar surface area (TPSA) is 246 Å². The molecule has 10 N–H and O–H groups in total. The first-order chi connectivity index (χ1) is 29.3. The van der Waals surface area contributed by atoms with Crippen LogP contribution in [0.5, 0.6) is 0 Å². The number of fused-ring (bicyclic) bond motifs is 1. The Labute approximate surface area is 358 Å². The number of likely N-dealkylation sites (tertiary alicyclic amines) is 1. The van der Waals surface area contributed by atoms with Crippen molar-refractivity contribution >= 4 is 52.3 Å². The Morgan fingerprint density at radius 3 is 2.18 bits per heavy atom. The Bertz CT molecular complexity index is 1990. The normalized spacial score (nSPS) is 17.9. The van der Waals surface area contributed by atoms with Gasteiger partial charge in [-0.25, -0.2) is 0 Å². The zero-order valence-electron chi connectivity index (χ0n) is 35.7. The lowest BCUT2D eigenvalue weighted by Gasteiger charge is -2.31. The maximum atomic E-state index is 14.5. The van der Waals surface area contributed by atoms with Crippen molar-refractivity contribution in [3.05, 3.63) is 71.9 Å². The van der Waals surface area contributed by atoms with Crippen molar-refractivity contribution in [2.75, 3.05) is 20.1 Å². The molecule has 1 aromatic heterocycles. The van der Waals surface area contributed by atoms with E-state index in [1.807, 2.05) is 61.5 Å². The second kappa shape index (κ2) is 22.6. The van der Waals surface area contributed by atoms with Crippen molar-refractivity contribution < 1.29 is 28.8 Å². The van der Waals surface area contributed by atoms with E-state index in [4.69, 9.17) is 11.5 Å². The summed E-state index contributed by atoms with van der Waals surface area (Å²) in [5.74, 6) is -2.89. The number of rotatable bonds is 20. The summed E-state index contributed by atoms with van der Waals surface area (Å²) < 4.78 is 0. The molecular formula is C45H64N10O6. The highest BCUT2D eigenvalue weighted by Gasteiger charge is 2.39. The molecule has 1 saturated carbocycles. The molecule has 6 amide bonds. The van der Waals surface area contributed by atoms with Crippen molar-refractivity contribution in [2.24, 2.45) is 28.3 Å². The van der Waals surface area contributed by atoms with Crippen LogP contribution in [0.4, 0.5) is 0 Å². The molecule has 330 valence electrons. The standard InChI is InChI=1S/C45H64N10O6/c1-28(24-30-14-6-4-7-15-30)39(56)51-29(2)44(61)55-23-13-21-38(55)43(60)54-36(25-31-16-8-5-9-17-31)41(58)53-37(26-32-27-50-34-19-11-10-18-33(32)34)42(59)52-35(40(57)48-3)20-12-22-49-45(46)47/h4,6-7,10-11,14-15,18-19,27-29,31,35-38,50H,5,8-9,12-13,16-17,20-26H2,1-3H3,(H,48,57)(H,51,56)(H,52,59)(H,53,58)(H,54,60)(H4,46,47,49)/t28?,29-,35-,36?,37-,38-/m0/s1. The highest BCUT2D eigenvalue weighted by Crippen LogP contribution is 2.28. The minimum atomic E-state index is -1.12. The van der Waals surface area contributed by atoms with Gasteiger partial charge in [-0.15, -0.1) is 0 Å². The van der Waals surface area contributed by atoms with Crippen LogP contribution in [0.2, 0.25) is 0 Å². The molecule has 16 nitrogen and oxygen atoms in total. The molecule has 2 heterocycles. The van der Waals surface area contributed by atoms with Crippen LogP contribution in [-0.2, 0) is 41.6 Å². The van der Waals surface area contributed by atoms with Crippen molar-refractivity contribution in [1.29, 1.82) is 0 Å². The third kappa shape index (κ3) is 13.3. The molecule has 2 fully saturated rings. The molecule has 6 atom stereocenters. The zero-order chi connectivity index (χ0) is 43.9. The summed E-state index contributed by atoms with van der Waals surface area (Å²) in [5, 5.41) is 15.1. The van der Waals surface area contributed by atoms with Gasteiger partial charge in [0.05, 0.1) is 0 Å². The highest BCUT2D eigenvalue weighted by atomic mass is 16.2. The van der Waals surface area contributed by atoms with Crippen LogP contribution in [0.1, 0.15) is 89.2 Å². The highest BCUT2D eigenvalue weighted by molar-refractivity contribution is 5.97. The molecule has 0 bridgehead atoms. The minimum Gasteiger partial charge on any atom is -0.370 e. The number of nitrogens with one attached hydrogen (secondary N) is 6. The average molecular weight is 841 g/mol. The van der Waals surface area contributed by atoms with E-state index >= 15 is 0 Å². The average Bonchev–Trinajstić information content (AvgIpc) is 3.92. The van der Waals surface area contributed by atoms with E-state index in [2.05, 4.69) is 36.6 Å². The van der Waals surface area contributed by atoms with Gasteiger partial charge in [0, 0.05) is 49.6 Å². The number of likely N-dealkylation sites (N-methyl/N-ethyl adjacent to an activating group) is 1. The fraction of sp³-hybridized carbons (Fsp3) is 0.533. The number of carbonyl (C=O) groups is 6. The first-order valence-electron chi connectivity index (χ1n) is 21.7. The Balaban J connectivity index is 1.32. The number of aliphatic imine (C=N–C) groups is 1. The molecule has 0 radical (unpaired) electrons. The summed E-state index contributed by atoms with van der Waals surface area (Å²) in [6.45, 7) is 4.03. The first kappa shape index (κ1) is 46.1. The summed E-state index contributed by atoms with van der Waals surface area (Å²) in [7, 11) is 1.48. The number of guanidine groups is 1. The number of hydrogen-bond donors (Lipinski definition) is 8. The lowest BCUT2D eigenvalue weighted by atomic mass is 9.84. The smallest absolute Gasteiger partial charge is 0.245 e. The summed E-state index contributed by atoms with van der Waals surface area (Å²) in [6, 6.07) is 12.5. The number of H-pyrrole nitrogens is 1. The number of carbonyl (C=O) groups excluding carboxylic acids is 6. The van der Waals surface area contributed by atoms with Crippen molar-refractivity contribution in [2.45, 2.75) is 121 Å². The van der Waals surface area contributed by atoms with Crippen LogP contribution in [-0.4, -0.2) is 102 Å². The number of aromatic nitrogens is 1. The van der Waals surface area contributed by atoms with Gasteiger partial charge in [0.1, 0.15) is 30.2 Å². The predicted octanol–water partition coefficient (Wildman–Crippen LogP) is 2.31. The summed E-state index contributed by atoms with van der Waals surface area (Å²) in [6.07, 6.45) is 9.33. The van der Waals surface area contributed by atoms with Gasteiger partial charge in [0.15, 0.2) is 5.96 Å². The number of hydrogen-bond acceptors (Lipinski definition) is 7. The Kier molecular flexibility index (Phi) is 17.1. The summed E-state index contributed by atoms with van der Waals surface area (Å²) >= 11 is 0. The predicted molar refractivity (Wildman–Crippen MR) is 235 cm³/mol. The van der Waals surface area contributed by atoms with E-state index in [1.165, 1.54) is 11.9 Å². The number of amides is 6. The van der Waals surface area contributed by atoms with Crippen molar-refractivity contribution in [3.8, 4) is 0 Å². The van der Waals surface area contributed by atoms with Gasteiger partial charge in [-0.1, -0.05) is 87.6 Å². The molecule has 61 heavy (non-hydrogen) atoms. The molecule has 16 heteroatoms. The van der Waals surface area contributed by atoms with Crippen LogP contribution in [0, 0.1) is 11.8 Å². The van der Waals surface area contributed by atoms with E-state index in [9.17, 15) is 28.8 Å². The Hall–Kier alpha value is -5.93. The zero-order valence-corrected chi connectivity index (χ0v) is 35.7. The van der Waals surface area contributed by atoms with Crippen LogP contribution in [0.3, 0.4) is 0 Å². The molecule has 2 aliphatic rings. The van der Waals surface area contributed by atoms with Gasteiger partial charge in [-0.05, 0) is 68.6 Å². The third-order valence-corrected chi connectivity index (χ3v) is 11.9. The lowest BCUT2D eigenvalue weighted by molar-refractivity contribution is -0.142. The van der Waals surface area contributed by atoms with Crippen molar-refractivity contribution in [3.63, 3.8) is 0 Å². The van der Waals surface area contributed by atoms with Crippen LogP contribution in [0.25, 0.3) is 10.9 Å². The molecule has 0 spiro atoms. The molecule has 2 unspecified atom stereocenters. The number of nitrogens with zero attached hydrogens (tertiary/aromatic N) is 2. The maximum Gasteiger partial charge on any atom is 0.245 e. The van der Waals surface area contributed by atoms with Crippen LogP contribution >= 0.6 is 0 Å². The largest absolute Gasteiger partial charge is 0.370 e. The quantitative estimate of drug-likeness (QED) is 0.0476. The van der Waals surface area contributed by atoms with E-state index in [0.29, 0.717) is 38.6 Å². The van der Waals surface area contributed by atoms with Gasteiger partial charge in [0.2, 0.25) is 35.4 Å². The minimum absolute atomic E-state index is 0.0768. The van der Waals surface area contributed by atoms with Crippen LogP contribution in [0.15, 0.2) is 65.8 Å². The van der Waals surface area contributed by atoms with Gasteiger partial charge in [0.25, 0.3) is 0 Å². The summed E-state index contributed by atoms with van der Waals surface area (Å²) in [5.41, 5.74) is 13.6. The van der Waals surface area contributed by atoms with Crippen LogP contribution < -0.4 is 38.1 Å².